The van der Waals surface area contributed by atoms with E-state index in [9.17, 15) is 0 Å². The van der Waals surface area contributed by atoms with Crippen LogP contribution in [0.15, 0.2) is 170 Å². The quantitative estimate of drug-likeness (QED) is 0.154. The number of hydrogen-bond donors (Lipinski definition) is 0. The van der Waals surface area contributed by atoms with Crippen LogP contribution in [0.4, 0.5) is 51.2 Å². The van der Waals surface area contributed by atoms with Gasteiger partial charge in [-0.15, -0.1) is 0 Å². The van der Waals surface area contributed by atoms with Gasteiger partial charge in [0.1, 0.15) is 0 Å². The molecule has 3 nitrogen and oxygen atoms in total. The molecule has 0 saturated carbocycles. The van der Waals surface area contributed by atoms with Gasteiger partial charge in [-0.3, -0.25) is 0 Å². The third-order valence-corrected chi connectivity index (χ3v) is 16.6. The monoisotopic (exact) mass is 956 g/mol. The van der Waals surface area contributed by atoms with Gasteiger partial charge in [0.2, 0.25) is 0 Å². The number of aryl methyl sites for hydroxylation is 1. The maximum Gasteiger partial charge on any atom is 0.252 e. The van der Waals surface area contributed by atoms with Crippen LogP contribution in [0, 0.1) is 6.92 Å². The highest BCUT2D eigenvalue weighted by Crippen LogP contribution is 2.54. The average molecular weight is 956 g/mol. The number of rotatable bonds is 6. The van der Waals surface area contributed by atoms with Gasteiger partial charge in [0.25, 0.3) is 6.71 Å². The zero-order valence-corrected chi connectivity index (χ0v) is 46.0. The first-order valence-corrected chi connectivity index (χ1v) is 26.8. The lowest BCUT2D eigenvalue weighted by Gasteiger charge is -2.48. The molecule has 0 unspecified atom stereocenters. The third-order valence-electron chi connectivity index (χ3n) is 16.6. The van der Waals surface area contributed by atoms with E-state index < -0.39 is 0 Å². The third kappa shape index (κ3) is 8.30. The molecular weight excluding hydrogens is 882 g/mol. The Bertz CT molecular complexity index is 3360. The van der Waals surface area contributed by atoms with E-state index in [-0.39, 0.29) is 33.8 Å². The first-order chi connectivity index (χ1) is 34.5. The lowest BCUT2D eigenvalue weighted by atomic mass is 9.33. The van der Waals surface area contributed by atoms with E-state index in [0.717, 1.165) is 35.6 Å². The highest BCUT2D eigenvalue weighted by atomic mass is 15.2. The van der Waals surface area contributed by atoms with E-state index >= 15 is 0 Å². The van der Waals surface area contributed by atoms with Crippen LogP contribution in [-0.2, 0) is 27.1 Å². The van der Waals surface area contributed by atoms with Crippen LogP contribution in [0.2, 0.25) is 0 Å². The summed E-state index contributed by atoms with van der Waals surface area (Å²) in [6.07, 6.45) is 2.29. The van der Waals surface area contributed by atoms with Gasteiger partial charge in [-0.2, -0.15) is 0 Å². The first kappa shape index (κ1) is 48.5. The van der Waals surface area contributed by atoms with E-state index in [1.807, 2.05) is 0 Å². The van der Waals surface area contributed by atoms with E-state index in [1.165, 1.54) is 89.3 Å². The number of anilines is 9. The maximum absolute atomic E-state index is 2.73. The SMILES string of the molecule is Cc1cc(C(C)(C)C)cc(-c2ccccc2)c1N1c2cc3c(cc2B2c4cc(C(C)(C)C)ccc4N(c4ccc(C(C)(C)C)cc4)c4cc(N(c5ccccc5)c5ccccc5)cc1c42)C(C)(C)CCC3(C)C. The Morgan fingerprint density at radius 1 is 0.438 bits per heavy atom. The molecule has 1 aliphatic carbocycles. The summed E-state index contributed by atoms with van der Waals surface area (Å²) in [5.41, 5.74) is 25.3. The van der Waals surface area contributed by atoms with Crippen molar-refractivity contribution < 1.29 is 0 Å². The number of benzene rings is 8. The minimum Gasteiger partial charge on any atom is -0.311 e. The molecule has 0 bridgehead atoms. The number of fused-ring (bicyclic) bond motifs is 5. The Hall–Kier alpha value is -6.78. The topological polar surface area (TPSA) is 9.72 Å². The summed E-state index contributed by atoms with van der Waals surface area (Å²) in [7, 11) is 0. The number of para-hydroxylation sites is 2. The van der Waals surface area contributed by atoms with Crippen molar-refractivity contribution in [1.82, 2.24) is 0 Å². The Morgan fingerprint density at radius 3 is 1.48 bits per heavy atom. The van der Waals surface area contributed by atoms with Gasteiger partial charge in [0.15, 0.2) is 0 Å². The van der Waals surface area contributed by atoms with Crippen LogP contribution in [0.1, 0.15) is 136 Å². The van der Waals surface area contributed by atoms with Crippen LogP contribution in [-0.4, -0.2) is 6.71 Å². The lowest BCUT2D eigenvalue weighted by molar-refractivity contribution is 0.332. The molecule has 368 valence electrons. The Labute approximate surface area is 438 Å². The molecule has 0 aromatic heterocycles. The molecule has 2 heterocycles. The van der Waals surface area contributed by atoms with Gasteiger partial charge in [0.05, 0.1) is 11.4 Å². The van der Waals surface area contributed by atoms with Crippen LogP contribution in [0.25, 0.3) is 11.1 Å². The summed E-state index contributed by atoms with van der Waals surface area (Å²) in [4.78, 5) is 7.79. The second-order valence-corrected chi connectivity index (χ2v) is 25.9. The van der Waals surface area contributed by atoms with Crippen molar-refractivity contribution in [2.24, 2.45) is 0 Å². The minimum absolute atomic E-state index is 0.00854. The molecule has 8 aromatic rings. The second-order valence-electron chi connectivity index (χ2n) is 25.9. The molecule has 0 radical (unpaired) electrons. The highest BCUT2D eigenvalue weighted by Gasteiger charge is 2.48. The van der Waals surface area contributed by atoms with Crippen LogP contribution < -0.4 is 31.1 Å². The van der Waals surface area contributed by atoms with Crippen LogP contribution >= 0.6 is 0 Å². The molecule has 73 heavy (non-hydrogen) atoms. The fourth-order valence-electron chi connectivity index (χ4n) is 12.2. The molecule has 0 N–H and O–H groups in total. The van der Waals surface area contributed by atoms with Crippen molar-refractivity contribution in [3.63, 3.8) is 0 Å². The molecular formula is C69H74BN3. The lowest BCUT2D eigenvalue weighted by Crippen LogP contribution is -2.62. The smallest absolute Gasteiger partial charge is 0.252 e. The number of nitrogens with zero attached hydrogens (tertiary/aromatic N) is 3. The Kier molecular flexibility index (Phi) is 11.4. The van der Waals surface area contributed by atoms with Crippen molar-refractivity contribution >= 4 is 74.3 Å². The Balaban J connectivity index is 1.34. The zero-order chi connectivity index (χ0) is 51.6. The summed E-state index contributed by atoms with van der Waals surface area (Å²) in [5, 5.41) is 0. The van der Waals surface area contributed by atoms with Gasteiger partial charge < -0.3 is 14.7 Å². The fraction of sp³-hybridized carbons (Fsp3) is 0.304. The second kappa shape index (κ2) is 17.2. The summed E-state index contributed by atoms with van der Waals surface area (Å²) in [5.74, 6) is 0. The average Bonchev–Trinajstić information content (AvgIpc) is 3.35. The van der Waals surface area contributed by atoms with Gasteiger partial charge in [-0.05, 0) is 169 Å². The zero-order valence-electron chi connectivity index (χ0n) is 46.0. The molecule has 0 amide bonds. The minimum atomic E-state index is -0.0607. The Morgan fingerprint density at radius 2 is 0.932 bits per heavy atom. The molecule has 8 aromatic carbocycles. The van der Waals surface area contributed by atoms with E-state index in [0.29, 0.717) is 0 Å². The molecule has 0 fully saturated rings. The molecule has 4 heteroatoms. The van der Waals surface area contributed by atoms with Crippen molar-refractivity contribution in [3.05, 3.63) is 203 Å². The van der Waals surface area contributed by atoms with Gasteiger partial charge in [0, 0.05) is 45.4 Å². The predicted octanol–water partition coefficient (Wildman–Crippen LogP) is 17.5. The fourth-order valence-corrected chi connectivity index (χ4v) is 12.2. The van der Waals surface area contributed by atoms with Crippen LogP contribution in [0.3, 0.4) is 0 Å². The molecule has 0 saturated heterocycles. The van der Waals surface area contributed by atoms with Gasteiger partial charge in [-0.25, -0.2) is 0 Å². The van der Waals surface area contributed by atoms with Crippen molar-refractivity contribution in [2.75, 3.05) is 14.7 Å². The largest absolute Gasteiger partial charge is 0.311 e. The van der Waals surface area contributed by atoms with Gasteiger partial charge in [-0.1, -0.05) is 193 Å². The molecule has 0 atom stereocenters. The standard InChI is InChI=1S/C69H74BN3/c1-45-38-49(67(8,9)10)39-54(46-24-18-15-19-25-46)64(45)73-60-44-56-55(68(11,12)36-37-69(56,13)14)43-58(60)70-57-40-48(66(5,6)7)32-35-59(57)72(52-33-30-47(31-34-52)65(2,3)4)61-41-53(42-62(73)63(61)70)71(50-26-20-16-21-27-50)51-28-22-17-23-29-51/h15-35,38-44H,36-37H2,1-14H3. The number of hydrogen-bond acceptors (Lipinski definition) is 3. The molecule has 11 rings (SSSR count). The highest BCUT2D eigenvalue weighted by molar-refractivity contribution is 7.00. The maximum atomic E-state index is 2.73. The molecule has 0 spiro atoms. The summed E-state index contributed by atoms with van der Waals surface area (Å²) < 4.78 is 0. The molecule has 2 aliphatic heterocycles. The summed E-state index contributed by atoms with van der Waals surface area (Å²) in [6.45, 7) is 33.3. The first-order valence-electron chi connectivity index (χ1n) is 26.8. The van der Waals surface area contributed by atoms with Crippen molar-refractivity contribution in [3.8, 4) is 11.1 Å². The van der Waals surface area contributed by atoms with Crippen molar-refractivity contribution in [1.29, 1.82) is 0 Å². The van der Waals surface area contributed by atoms with E-state index in [4.69, 9.17) is 0 Å². The van der Waals surface area contributed by atoms with E-state index in [2.05, 4.69) is 281 Å². The van der Waals surface area contributed by atoms with Crippen molar-refractivity contribution in [2.45, 2.75) is 137 Å². The van der Waals surface area contributed by atoms with E-state index in [1.54, 1.807) is 0 Å². The summed E-state index contributed by atoms with van der Waals surface area (Å²) in [6, 6.07) is 65.3. The van der Waals surface area contributed by atoms with Crippen LogP contribution in [0.5, 0.6) is 0 Å². The van der Waals surface area contributed by atoms with Gasteiger partial charge >= 0.3 is 0 Å². The normalized spacial score (nSPS) is 15.6. The summed E-state index contributed by atoms with van der Waals surface area (Å²) >= 11 is 0. The predicted molar refractivity (Wildman–Crippen MR) is 317 cm³/mol. The molecule has 3 aliphatic rings.